The van der Waals surface area contributed by atoms with Gasteiger partial charge in [-0.2, -0.15) is 0 Å². The van der Waals surface area contributed by atoms with Gasteiger partial charge in [0, 0.05) is 22.2 Å². The van der Waals surface area contributed by atoms with Gasteiger partial charge in [0.1, 0.15) is 12.4 Å². The molecule has 1 heterocycles. The Kier molecular flexibility index (Phi) is 6.11. The number of ether oxygens (including phenoxy) is 1. The average molecular weight is 358 g/mol. The molecule has 1 aliphatic heterocycles. The van der Waals surface area contributed by atoms with E-state index in [0.29, 0.717) is 28.8 Å². The van der Waals surface area contributed by atoms with Crippen LogP contribution in [0.5, 0.6) is 5.75 Å². The normalized spacial score (nSPS) is 17.6. The highest BCUT2D eigenvalue weighted by Gasteiger charge is 2.24. The first-order valence-electron chi connectivity index (χ1n) is 8.94. The Bertz CT molecular complexity index is 697. The van der Waals surface area contributed by atoms with Gasteiger partial charge in [-0.25, -0.2) is 0 Å². The first-order chi connectivity index (χ1) is 12.2. The molecule has 4 heteroatoms. The summed E-state index contributed by atoms with van der Waals surface area (Å²) in [4.78, 5) is 15.0. The highest BCUT2D eigenvalue weighted by molar-refractivity contribution is 6.30. The fourth-order valence-electron chi connectivity index (χ4n) is 3.33. The van der Waals surface area contributed by atoms with Crippen LogP contribution in [0.25, 0.3) is 0 Å². The van der Waals surface area contributed by atoms with Crippen molar-refractivity contribution in [3.63, 3.8) is 0 Å². The third kappa shape index (κ3) is 4.62. The Morgan fingerprint density at radius 2 is 1.76 bits per heavy atom. The lowest BCUT2D eigenvalue weighted by Crippen LogP contribution is -2.34. The van der Waals surface area contributed by atoms with Crippen LogP contribution in [0.2, 0.25) is 5.02 Å². The monoisotopic (exact) mass is 357 g/mol. The number of ketones is 1. The minimum Gasteiger partial charge on any atom is -0.492 e. The zero-order chi connectivity index (χ0) is 17.6. The minimum absolute atomic E-state index is 0.00636. The number of hydrogen-bond acceptors (Lipinski definition) is 3. The van der Waals surface area contributed by atoms with Gasteiger partial charge >= 0.3 is 0 Å². The summed E-state index contributed by atoms with van der Waals surface area (Å²) in [6, 6.07) is 14.9. The Morgan fingerprint density at radius 3 is 2.40 bits per heavy atom. The van der Waals surface area contributed by atoms with E-state index < -0.39 is 0 Å². The molecule has 0 N–H and O–H groups in total. The van der Waals surface area contributed by atoms with E-state index in [2.05, 4.69) is 11.8 Å². The maximum atomic E-state index is 12.5. The van der Waals surface area contributed by atoms with Crippen LogP contribution in [0.1, 0.15) is 42.1 Å². The summed E-state index contributed by atoms with van der Waals surface area (Å²) in [5, 5.41) is 0.629. The molecule has 1 unspecified atom stereocenters. The van der Waals surface area contributed by atoms with E-state index in [-0.39, 0.29) is 5.78 Å². The van der Waals surface area contributed by atoms with Crippen LogP contribution < -0.4 is 4.74 Å². The third-order valence-corrected chi connectivity index (χ3v) is 4.93. The van der Waals surface area contributed by atoms with Gasteiger partial charge < -0.3 is 4.74 Å². The minimum atomic E-state index is -0.00636. The predicted octanol–water partition coefficient (Wildman–Crippen LogP) is 4.82. The lowest BCUT2D eigenvalue weighted by atomic mass is 10.0. The second kappa shape index (κ2) is 8.50. The van der Waals surface area contributed by atoms with Crippen LogP contribution in [-0.4, -0.2) is 36.4 Å². The molecule has 1 atom stereocenters. The van der Waals surface area contributed by atoms with Crippen LogP contribution in [0.4, 0.5) is 0 Å². The maximum Gasteiger partial charge on any atom is 0.193 e. The van der Waals surface area contributed by atoms with Gasteiger partial charge in [0.25, 0.3) is 0 Å². The molecule has 25 heavy (non-hydrogen) atoms. The van der Waals surface area contributed by atoms with Gasteiger partial charge in [-0.1, -0.05) is 18.5 Å². The van der Waals surface area contributed by atoms with E-state index in [9.17, 15) is 4.79 Å². The summed E-state index contributed by atoms with van der Waals surface area (Å²) in [6.45, 7) is 5.25. The van der Waals surface area contributed by atoms with Gasteiger partial charge in [0.15, 0.2) is 5.78 Å². The number of hydrogen-bond donors (Lipinski definition) is 0. The van der Waals surface area contributed by atoms with Crippen LogP contribution in [0, 0.1) is 0 Å². The molecule has 1 aliphatic rings. The summed E-state index contributed by atoms with van der Waals surface area (Å²) in [5.74, 6) is 0.809. The number of nitrogens with zero attached hydrogens (tertiary/aromatic N) is 1. The molecule has 0 aromatic heterocycles. The number of carbonyl (C=O) groups is 1. The average Bonchev–Trinajstić information content (AvgIpc) is 3.08. The van der Waals surface area contributed by atoms with Crippen molar-refractivity contribution in [1.29, 1.82) is 0 Å². The van der Waals surface area contributed by atoms with Crippen molar-refractivity contribution in [1.82, 2.24) is 4.90 Å². The van der Waals surface area contributed by atoms with Crippen LogP contribution in [-0.2, 0) is 0 Å². The first-order valence-corrected chi connectivity index (χ1v) is 9.32. The van der Waals surface area contributed by atoms with Gasteiger partial charge in [-0.15, -0.1) is 0 Å². The Morgan fingerprint density at radius 1 is 1.12 bits per heavy atom. The quantitative estimate of drug-likeness (QED) is 0.665. The summed E-state index contributed by atoms with van der Waals surface area (Å²) >= 11 is 5.87. The summed E-state index contributed by atoms with van der Waals surface area (Å²) in [5.41, 5.74) is 1.29. The van der Waals surface area contributed by atoms with E-state index in [1.807, 2.05) is 24.3 Å². The first kappa shape index (κ1) is 18.0. The Balaban J connectivity index is 1.58. The smallest absolute Gasteiger partial charge is 0.193 e. The standard InChI is InChI=1S/C21H24ClNO2/c1-2-13-23-14-3-4-19(23)15-25-20-11-7-17(8-12-20)21(24)16-5-9-18(22)10-6-16/h5-12,19H,2-4,13-15H2,1H3. The lowest BCUT2D eigenvalue weighted by Gasteiger charge is -2.23. The van der Waals surface area contributed by atoms with E-state index in [1.54, 1.807) is 24.3 Å². The zero-order valence-electron chi connectivity index (χ0n) is 14.6. The highest BCUT2D eigenvalue weighted by Crippen LogP contribution is 2.21. The van der Waals surface area contributed by atoms with Crippen LogP contribution in [0.15, 0.2) is 48.5 Å². The number of carbonyl (C=O) groups excluding carboxylic acids is 1. The van der Waals surface area contributed by atoms with Crippen molar-refractivity contribution in [3.05, 3.63) is 64.7 Å². The molecule has 132 valence electrons. The molecule has 3 nitrogen and oxygen atoms in total. The molecule has 2 aromatic carbocycles. The van der Waals surface area contributed by atoms with Crippen LogP contribution in [0.3, 0.4) is 0 Å². The lowest BCUT2D eigenvalue weighted by molar-refractivity contribution is 0.103. The molecule has 0 saturated carbocycles. The van der Waals surface area contributed by atoms with E-state index >= 15 is 0 Å². The second-order valence-electron chi connectivity index (χ2n) is 6.50. The molecule has 0 aliphatic carbocycles. The Labute approximate surface area is 154 Å². The fraction of sp³-hybridized carbons (Fsp3) is 0.381. The maximum absolute atomic E-state index is 12.5. The molecular formula is C21H24ClNO2. The molecule has 0 bridgehead atoms. The van der Waals surface area contributed by atoms with Crippen LogP contribution >= 0.6 is 11.6 Å². The fourth-order valence-corrected chi connectivity index (χ4v) is 3.45. The van der Waals surface area contributed by atoms with Crippen molar-refractivity contribution in [2.24, 2.45) is 0 Å². The molecule has 1 fully saturated rings. The van der Waals surface area contributed by atoms with Gasteiger partial charge in [-0.05, 0) is 80.9 Å². The molecular weight excluding hydrogens is 334 g/mol. The topological polar surface area (TPSA) is 29.5 Å². The van der Waals surface area contributed by atoms with E-state index in [1.165, 1.54) is 25.8 Å². The van der Waals surface area contributed by atoms with Gasteiger partial charge in [0.2, 0.25) is 0 Å². The van der Waals surface area contributed by atoms with E-state index in [4.69, 9.17) is 16.3 Å². The number of halogens is 1. The summed E-state index contributed by atoms with van der Waals surface area (Å²) in [6.07, 6.45) is 3.63. The number of benzene rings is 2. The van der Waals surface area contributed by atoms with Gasteiger partial charge in [-0.3, -0.25) is 9.69 Å². The Hall–Kier alpha value is -1.84. The second-order valence-corrected chi connectivity index (χ2v) is 6.94. The van der Waals surface area contributed by atoms with E-state index in [0.717, 1.165) is 12.3 Å². The van der Waals surface area contributed by atoms with Crippen molar-refractivity contribution in [2.75, 3.05) is 19.7 Å². The molecule has 2 aromatic rings. The molecule has 1 saturated heterocycles. The van der Waals surface area contributed by atoms with Gasteiger partial charge in [0.05, 0.1) is 0 Å². The molecule has 0 radical (unpaired) electrons. The summed E-state index contributed by atoms with van der Waals surface area (Å²) < 4.78 is 5.95. The number of rotatable bonds is 7. The highest BCUT2D eigenvalue weighted by atomic mass is 35.5. The summed E-state index contributed by atoms with van der Waals surface area (Å²) in [7, 11) is 0. The van der Waals surface area contributed by atoms with Crippen molar-refractivity contribution >= 4 is 17.4 Å². The predicted molar refractivity (Wildman–Crippen MR) is 102 cm³/mol. The third-order valence-electron chi connectivity index (χ3n) is 4.68. The molecule has 3 rings (SSSR count). The van der Waals surface area contributed by atoms with Crippen molar-refractivity contribution in [2.45, 2.75) is 32.2 Å². The number of likely N-dealkylation sites (tertiary alicyclic amines) is 1. The van der Waals surface area contributed by atoms with Crippen molar-refractivity contribution in [3.8, 4) is 5.75 Å². The molecule has 0 amide bonds. The largest absolute Gasteiger partial charge is 0.492 e. The SMILES string of the molecule is CCCN1CCCC1COc1ccc(C(=O)c2ccc(Cl)cc2)cc1. The van der Waals surface area contributed by atoms with Crippen molar-refractivity contribution < 1.29 is 9.53 Å². The molecule has 0 spiro atoms. The zero-order valence-corrected chi connectivity index (χ0v) is 15.3.